The minimum atomic E-state index is -0.721. The topological polar surface area (TPSA) is 86.0 Å². The molecule has 2 aliphatic rings. The SMILES string of the molecule is Cc1nc2cc([C@H]3CCO[C@H](c4cnn(C5CC5)c4)C3)nc(-c3ccc(F)cc3F)c2nc1CO. The first-order valence-electron chi connectivity index (χ1n) is 11.9. The van der Waals surface area contributed by atoms with Gasteiger partial charge in [-0.1, -0.05) is 0 Å². The third-order valence-corrected chi connectivity index (χ3v) is 6.90. The zero-order valence-corrected chi connectivity index (χ0v) is 19.3. The second kappa shape index (κ2) is 8.73. The van der Waals surface area contributed by atoms with Gasteiger partial charge in [-0.25, -0.2) is 23.7 Å². The van der Waals surface area contributed by atoms with E-state index in [1.807, 2.05) is 16.9 Å². The van der Waals surface area contributed by atoms with Crippen LogP contribution in [0.15, 0.2) is 36.7 Å². The van der Waals surface area contributed by atoms with Crippen LogP contribution in [-0.2, 0) is 11.3 Å². The van der Waals surface area contributed by atoms with Gasteiger partial charge in [0.05, 0.1) is 41.9 Å². The summed E-state index contributed by atoms with van der Waals surface area (Å²) in [5.41, 5.74) is 4.20. The van der Waals surface area contributed by atoms with Gasteiger partial charge in [-0.2, -0.15) is 5.10 Å². The smallest absolute Gasteiger partial charge is 0.135 e. The predicted molar refractivity (Wildman–Crippen MR) is 125 cm³/mol. The molecule has 7 nitrogen and oxygen atoms in total. The molecule has 6 rings (SSSR count). The molecule has 1 N–H and O–H groups in total. The molecule has 4 heterocycles. The van der Waals surface area contributed by atoms with Crippen molar-refractivity contribution in [1.29, 1.82) is 0 Å². The van der Waals surface area contributed by atoms with E-state index in [0.29, 0.717) is 47.2 Å². The number of rotatable bonds is 5. The summed E-state index contributed by atoms with van der Waals surface area (Å²) in [6.07, 6.45) is 7.65. The highest BCUT2D eigenvalue weighted by atomic mass is 19.1. The van der Waals surface area contributed by atoms with Crippen molar-refractivity contribution in [1.82, 2.24) is 24.7 Å². The quantitative estimate of drug-likeness (QED) is 0.438. The molecule has 0 amide bonds. The lowest BCUT2D eigenvalue weighted by Gasteiger charge is -2.29. The van der Waals surface area contributed by atoms with Gasteiger partial charge in [0, 0.05) is 41.6 Å². The number of aromatic nitrogens is 5. The van der Waals surface area contributed by atoms with Gasteiger partial charge >= 0.3 is 0 Å². The Balaban J connectivity index is 1.42. The Hall–Kier alpha value is -3.30. The van der Waals surface area contributed by atoms with Crippen LogP contribution >= 0.6 is 0 Å². The van der Waals surface area contributed by atoms with E-state index in [9.17, 15) is 13.9 Å². The van der Waals surface area contributed by atoms with Crippen molar-refractivity contribution in [3.63, 3.8) is 0 Å². The number of hydrogen-bond donors (Lipinski definition) is 1. The number of aliphatic hydroxyl groups is 1. The van der Waals surface area contributed by atoms with Crippen molar-refractivity contribution in [2.75, 3.05) is 6.61 Å². The first-order valence-corrected chi connectivity index (χ1v) is 11.9. The van der Waals surface area contributed by atoms with Crippen molar-refractivity contribution in [3.8, 4) is 11.3 Å². The molecular formula is C26H25F2N5O2. The maximum absolute atomic E-state index is 14.8. The molecular weight excluding hydrogens is 452 g/mol. The van der Waals surface area contributed by atoms with Crippen LogP contribution in [0.3, 0.4) is 0 Å². The van der Waals surface area contributed by atoms with E-state index in [-0.39, 0.29) is 24.2 Å². The summed E-state index contributed by atoms with van der Waals surface area (Å²) in [5, 5.41) is 14.2. The van der Waals surface area contributed by atoms with Gasteiger partial charge in [-0.3, -0.25) is 4.68 Å². The number of aliphatic hydroxyl groups excluding tert-OH is 1. The van der Waals surface area contributed by atoms with E-state index in [0.717, 1.165) is 36.6 Å². The first-order chi connectivity index (χ1) is 17.0. The number of hydrogen-bond acceptors (Lipinski definition) is 6. The molecule has 3 aromatic heterocycles. The standard InChI is InChI=1S/C26H25F2N5O2/c1-14-23(13-34)32-26-22(30-14)10-21(31-25(26)19-5-2-17(27)9-20(19)28)15-6-7-35-24(8-15)16-11-29-33(12-16)18-3-4-18/h2,5,9-12,15,18,24,34H,3-4,6-8,13H2,1H3/t15-,24-/m0/s1. The van der Waals surface area contributed by atoms with Gasteiger partial charge in [0.2, 0.25) is 0 Å². The summed E-state index contributed by atoms with van der Waals surface area (Å²) >= 11 is 0. The molecule has 2 fully saturated rings. The van der Waals surface area contributed by atoms with Crippen LogP contribution in [0.5, 0.6) is 0 Å². The molecule has 9 heteroatoms. The Bertz CT molecular complexity index is 1420. The largest absolute Gasteiger partial charge is 0.390 e. The number of nitrogens with zero attached hydrogens (tertiary/aromatic N) is 5. The lowest BCUT2D eigenvalue weighted by atomic mass is 9.89. The minimum Gasteiger partial charge on any atom is -0.390 e. The van der Waals surface area contributed by atoms with E-state index in [1.165, 1.54) is 12.1 Å². The zero-order valence-electron chi connectivity index (χ0n) is 19.3. The Morgan fingerprint density at radius 2 is 1.97 bits per heavy atom. The van der Waals surface area contributed by atoms with Gasteiger partial charge in [0.15, 0.2) is 0 Å². The fourth-order valence-electron chi connectivity index (χ4n) is 4.78. The Kier molecular flexibility index (Phi) is 5.53. The van der Waals surface area contributed by atoms with Crippen LogP contribution in [0, 0.1) is 18.6 Å². The van der Waals surface area contributed by atoms with Gasteiger partial charge in [0.25, 0.3) is 0 Å². The summed E-state index contributed by atoms with van der Waals surface area (Å²) in [7, 11) is 0. The fourth-order valence-corrected chi connectivity index (χ4v) is 4.78. The summed E-state index contributed by atoms with van der Waals surface area (Å²) < 4.78 is 36.6. The Morgan fingerprint density at radius 3 is 2.74 bits per heavy atom. The van der Waals surface area contributed by atoms with E-state index >= 15 is 0 Å². The average molecular weight is 478 g/mol. The van der Waals surface area contributed by atoms with Crippen LogP contribution in [-0.4, -0.2) is 36.4 Å². The number of fused-ring (bicyclic) bond motifs is 1. The molecule has 0 unspecified atom stereocenters. The average Bonchev–Trinajstić information content (AvgIpc) is 3.59. The van der Waals surface area contributed by atoms with Gasteiger partial charge in [0.1, 0.15) is 22.8 Å². The zero-order chi connectivity index (χ0) is 24.1. The molecule has 180 valence electrons. The number of pyridine rings is 1. The summed E-state index contributed by atoms with van der Waals surface area (Å²) in [5.74, 6) is -1.32. The molecule has 1 saturated heterocycles. The highest BCUT2D eigenvalue weighted by Gasteiger charge is 2.30. The lowest BCUT2D eigenvalue weighted by molar-refractivity contribution is 0.00462. The van der Waals surface area contributed by atoms with Gasteiger partial charge < -0.3 is 9.84 Å². The van der Waals surface area contributed by atoms with Gasteiger partial charge in [-0.05, 0) is 50.8 Å². The third kappa shape index (κ3) is 4.19. The maximum Gasteiger partial charge on any atom is 0.135 e. The molecule has 1 aromatic carbocycles. The second-order valence-corrected chi connectivity index (χ2v) is 9.37. The highest BCUT2D eigenvalue weighted by molar-refractivity contribution is 5.89. The predicted octanol–water partition coefficient (Wildman–Crippen LogP) is 4.94. The van der Waals surface area contributed by atoms with Gasteiger partial charge in [-0.15, -0.1) is 0 Å². The monoisotopic (exact) mass is 477 g/mol. The Labute approximate surface area is 200 Å². The van der Waals surface area contributed by atoms with Crippen molar-refractivity contribution >= 4 is 11.0 Å². The number of benzene rings is 1. The second-order valence-electron chi connectivity index (χ2n) is 9.37. The summed E-state index contributed by atoms with van der Waals surface area (Å²) in [6, 6.07) is 5.81. The summed E-state index contributed by atoms with van der Waals surface area (Å²) in [4.78, 5) is 14.0. The molecule has 1 saturated carbocycles. The molecule has 35 heavy (non-hydrogen) atoms. The van der Waals surface area contributed by atoms with Crippen molar-refractivity contribution in [2.24, 2.45) is 0 Å². The fraction of sp³-hybridized carbons (Fsp3) is 0.385. The van der Waals surface area contributed by atoms with Crippen LogP contribution in [0.4, 0.5) is 8.78 Å². The van der Waals surface area contributed by atoms with Crippen molar-refractivity contribution < 1.29 is 18.6 Å². The molecule has 0 radical (unpaired) electrons. The molecule has 0 bridgehead atoms. The van der Waals surface area contributed by atoms with Crippen LogP contribution < -0.4 is 0 Å². The van der Waals surface area contributed by atoms with Crippen molar-refractivity contribution in [2.45, 2.75) is 57.3 Å². The lowest BCUT2D eigenvalue weighted by Crippen LogP contribution is -2.19. The molecule has 0 spiro atoms. The van der Waals surface area contributed by atoms with E-state index in [4.69, 9.17) is 9.72 Å². The highest BCUT2D eigenvalue weighted by Crippen LogP contribution is 2.40. The van der Waals surface area contributed by atoms with Crippen LogP contribution in [0.25, 0.3) is 22.3 Å². The molecule has 1 aliphatic carbocycles. The Morgan fingerprint density at radius 1 is 1.11 bits per heavy atom. The number of aryl methyl sites for hydroxylation is 1. The normalized spacial score (nSPS) is 20.5. The van der Waals surface area contributed by atoms with Crippen LogP contribution in [0.1, 0.15) is 66.4 Å². The van der Waals surface area contributed by atoms with E-state index < -0.39 is 11.6 Å². The van der Waals surface area contributed by atoms with Crippen LogP contribution in [0.2, 0.25) is 0 Å². The molecule has 1 aliphatic heterocycles. The number of halogens is 2. The first kappa shape index (κ1) is 22.2. The summed E-state index contributed by atoms with van der Waals surface area (Å²) in [6.45, 7) is 2.05. The molecule has 4 aromatic rings. The third-order valence-electron chi connectivity index (χ3n) is 6.90. The van der Waals surface area contributed by atoms with Crippen molar-refractivity contribution in [3.05, 3.63) is 70.9 Å². The van der Waals surface area contributed by atoms with E-state index in [2.05, 4.69) is 21.3 Å². The molecule has 2 atom stereocenters. The minimum absolute atomic E-state index is 0.0595. The number of ether oxygens (including phenoxy) is 1. The van der Waals surface area contributed by atoms with E-state index in [1.54, 1.807) is 6.92 Å². The maximum atomic E-state index is 14.8.